The Bertz CT molecular complexity index is 491. The summed E-state index contributed by atoms with van der Waals surface area (Å²) in [7, 11) is 1.71. The van der Waals surface area contributed by atoms with Crippen LogP contribution in [0.2, 0.25) is 0 Å². The van der Waals surface area contributed by atoms with Crippen molar-refractivity contribution in [2.45, 2.75) is 40.2 Å². The van der Waals surface area contributed by atoms with Gasteiger partial charge < -0.3 is 10.0 Å². The van der Waals surface area contributed by atoms with Crippen molar-refractivity contribution in [2.24, 2.45) is 5.41 Å². The quantitative estimate of drug-likeness (QED) is 0.900. The summed E-state index contributed by atoms with van der Waals surface area (Å²) in [6.07, 6.45) is -0.00493. The number of aliphatic carboxylic acids is 1. The van der Waals surface area contributed by atoms with Crippen molar-refractivity contribution in [3.05, 3.63) is 35.4 Å². The molecule has 0 saturated carbocycles. The summed E-state index contributed by atoms with van der Waals surface area (Å²) in [4.78, 5) is 24.9. The molecule has 0 fully saturated rings. The van der Waals surface area contributed by atoms with Crippen LogP contribution in [0.5, 0.6) is 0 Å². The number of hydrogen-bond acceptors (Lipinski definition) is 2. The molecule has 4 heteroatoms. The van der Waals surface area contributed by atoms with Crippen molar-refractivity contribution in [3.63, 3.8) is 0 Å². The first-order valence-electron chi connectivity index (χ1n) is 6.71. The van der Waals surface area contributed by atoms with E-state index in [0.717, 1.165) is 5.56 Å². The molecule has 0 radical (unpaired) electrons. The van der Waals surface area contributed by atoms with E-state index in [4.69, 9.17) is 5.11 Å². The molecular weight excluding hydrogens is 254 g/mol. The summed E-state index contributed by atoms with van der Waals surface area (Å²) >= 11 is 0. The van der Waals surface area contributed by atoms with E-state index < -0.39 is 11.4 Å². The largest absolute Gasteiger partial charge is 0.481 e. The van der Waals surface area contributed by atoms with Crippen molar-refractivity contribution in [3.8, 4) is 0 Å². The van der Waals surface area contributed by atoms with Crippen LogP contribution in [0.25, 0.3) is 0 Å². The molecule has 1 atom stereocenters. The van der Waals surface area contributed by atoms with Crippen molar-refractivity contribution < 1.29 is 14.7 Å². The highest BCUT2D eigenvalue weighted by Crippen LogP contribution is 2.25. The molecule has 0 heterocycles. The van der Waals surface area contributed by atoms with E-state index >= 15 is 0 Å². The molecule has 1 amide bonds. The molecule has 0 aliphatic heterocycles. The predicted molar refractivity (Wildman–Crippen MR) is 78.4 cm³/mol. The Labute approximate surface area is 120 Å². The number of benzene rings is 1. The van der Waals surface area contributed by atoms with Gasteiger partial charge in [-0.2, -0.15) is 0 Å². The average molecular weight is 277 g/mol. The first-order valence-corrected chi connectivity index (χ1v) is 6.71. The fraction of sp³-hybridized carbons (Fsp3) is 0.500. The van der Waals surface area contributed by atoms with Gasteiger partial charge >= 0.3 is 5.97 Å². The van der Waals surface area contributed by atoms with Crippen LogP contribution in [-0.4, -0.2) is 28.9 Å². The summed E-state index contributed by atoms with van der Waals surface area (Å²) in [5, 5.41) is 9.09. The number of nitrogens with zero attached hydrogens (tertiary/aromatic N) is 1. The van der Waals surface area contributed by atoms with Gasteiger partial charge in [0.15, 0.2) is 0 Å². The topological polar surface area (TPSA) is 57.6 Å². The number of carbonyl (C=O) groups is 2. The van der Waals surface area contributed by atoms with Crippen LogP contribution in [0.3, 0.4) is 0 Å². The smallest absolute Gasteiger partial charge is 0.309 e. The molecule has 4 nitrogen and oxygen atoms in total. The van der Waals surface area contributed by atoms with Crippen molar-refractivity contribution >= 4 is 11.9 Å². The van der Waals surface area contributed by atoms with Crippen LogP contribution < -0.4 is 0 Å². The average Bonchev–Trinajstić information content (AvgIpc) is 2.37. The number of aryl methyl sites for hydroxylation is 1. The maximum atomic E-state index is 12.2. The van der Waals surface area contributed by atoms with Gasteiger partial charge in [0.1, 0.15) is 0 Å². The molecule has 1 rings (SSSR count). The first kappa shape index (κ1) is 16.2. The molecule has 0 aliphatic carbocycles. The van der Waals surface area contributed by atoms with Gasteiger partial charge in [0, 0.05) is 13.5 Å². The third-order valence-corrected chi connectivity index (χ3v) is 3.71. The van der Waals surface area contributed by atoms with Gasteiger partial charge in [-0.1, -0.05) is 29.8 Å². The normalized spacial score (nSPS) is 12.8. The molecular formula is C16H23NO3. The van der Waals surface area contributed by atoms with E-state index in [0.29, 0.717) is 0 Å². The zero-order valence-electron chi connectivity index (χ0n) is 12.8. The molecule has 1 aromatic rings. The Morgan fingerprint density at radius 3 is 2.20 bits per heavy atom. The van der Waals surface area contributed by atoms with Gasteiger partial charge in [-0.25, -0.2) is 0 Å². The van der Waals surface area contributed by atoms with Gasteiger partial charge in [0.2, 0.25) is 5.91 Å². The molecule has 1 N–H and O–H groups in total. The molecule has 0 saturated heterocycles. The number of amides is 1. The van der Waals surface area contributed by atoms with E-state index in [1.807, 2.05) is 38.1 Å². The fourth-order valence-corrected chi connectivity index (χ4v) is 1.86. The molecule has 0 spiro atoms. The molecule has 0 aromatic heterocycles. The van der Waals surface area contributed by atoms with Crippen molar-refractivity contribution in [2.75, 3.05) is 7.05 Å². The Morgan fingerprint density at radius 1 is 1.25 bits per heavy atom. The lowest BCUT2D eigenvalue weighted by molar-refractivity contribution is -0.151. The maximum Gasteiger partial charge on any atom is 0.309 e. The number of carboxylic acid groups (broad SMARTS) is 1. The van der Waals surface area contributed by atoms with Crippen LogP contribution in [0.4, 0.5) is 0 Å². The Kier molecular flexibility index (Phi) is 4.93. The Hall–Kier alpha value is -1.84. The first-order chi connectivity index (χ1) is 9.15. The monoisotopic (exact) mass is 277 g/mol. The molecule has 1 aromatic carbocycles. The van der Waals surface area contributed by atoms with E-state index in [2.05, 4.69) is 0 Å². The van der Waals surface area contributed by atoms with Crippen molar-refractivity contribution in [1.82, 2.24) is 4.90 Å². The minimum atomic E-state index is -1.04. The van der Waals surface area contributed by atoms with E-state index in [1.54, 1.807) is 25.8 Å². The highest BCUT2D eigenvalue weighted by Gasteiger charge is 2.32. The number of rotatable bonds is 5. The molecule has 0 aliphatic rings. The second-order valence-corrected chi connectivity index (χ2v) is 5.96. The highest BCUT2D eigenvalue weighted by atomic mass is 16.4. The fourth-order valence-electron chi connectivity index (χ4n) is 1.86. The highest BCUT2D eigenvalue weighted by molar-refractivity contribution is 5.84. The van der Waals surface area contributed by atoms with E-state index in [-0.39, 0.29) is 18.4 Å². The molecule has 0 bridgehead atoms. The molecule has 110 valence electrons. The standard InChI is InChI=1S/C16H23NO3/c1-11-6-8-13(9-7-11)12(2)17(5)14(18)10-16(3,4)15(19)20/h6-9,12H,10H2,1-5H3,(H,19,20). The van der Waals surface area contributed by atoms with Crippen LogP contribution >= 0.6 is 0 Å². The van der Waals surface area contributed by atoms with Gasteiger partial charge in [0.25, 0.3) is 0 Å². The zero-order chi connectivity index (χ0) is 15.5. The van der Waals surface area contributed by atoms with Crippen LogP contribution in [-0.2, 0) is 9.59 Å². The Balaban J connectivity index is 2.78. The maximum absolute atomic E-state index is 12.2. The summed E-state index contributed by atoms with van der Waals surface area (Å²) < 4.78 is 0. The number of hydrogen-bond donors (Lipinski definition) is 1. The second kappa shape index (κ2) is 6.07. The number of carboxylic acids is 1. The Morgan fingerprint density at radius 2 is 1.75 bits per heavy atom. The predicted octanol–water partition coefficient (Wildman–Crippen LogP) is 3.02. The third kappa shape index (κ3) is 3.83. The van der Waals surface area contributed by atoms with E-state index in [9.17, 15) is 9.59 Å². The van der Waals surface area contributed by atoms with Crippen LogP contribution in [0, 0.1) is 12.3 Å². The summed E-state index contributed by atoms with van der Waals surface area (Å²) in [6.45, 7) is 7.09. The van der Waals surface area contributed by atoms with Gasteiger partial charge in [-0.15, -0.1) is 0 Å². The van der Waals surface area contributed by atoms with Crippen molar-refractivity contribution in [1.29, 1.82) is 0 Å². The summed E-state index contributed by atoms with van der Waals surface area (Å²) in [5.74, 6) is -1.12. The van der Waals surface area contributed by atoms with Gasteiger partial charge in [-0.3, -0.25) is 9.59 Å². The van der Waals surface area contributed by atoms with Gasteiger partial charge in [0.05, 0.1) is 11.5 Å². The van der Waals surface area contributed by atoms with E-state index in [1.165, 1.54) is 5.56 Å². The number of carbonyl (C=O) groups excluding carboxylic acids is 1. The lowest BCUT2D eigenvalue weighted by Crippen LogP contribution is -2.36. The molecule has 1 unspecified atom stereocenters. The lowest BCUT2D eigenvalue weighted by Gasteiger charge is -2.28. The minimum absolute atomic E-state index is 0.00493. The second-order valence-electron chi connectivity index (χ2n) is 5.96. The van der Waals surface area contributed by atoms with Crippen LogP contribution in [0.15, 0.2) is 24.3 Å². The van der Waals surface area contributed by atoms with Crippen LogP contribution in [0.1, 0.15) is 44.4 Å². The molecule has 20 heavy (non-hydrogen) atoms. The third-order valence-electron chi connectivity index (χ3n) is 3.71. The summed E-state index contributed by atoms with van der Waals surface area (Å²) in [5.41, 5.74) is 1.17. The zero-order valence-corrected chi connectivity index (χ0v) is 12.8. The minimum Gasteiger partial charge on any atom is -0.481 e. The van der Waals surface area contributed by atoms with Gasteiger partial charge in [-0.05, 0) is 33.3 Å². The lowest BCUT2D eigenvalue weighted by atomic mass is 9.88. The summed E-state index contributed by atoms with van der Waals surface area (Å²) in [6, 6.07) is 7.92. The SMILES string of the molecule is Cc1ccc(C(C)N(C)C(=O)CC(C)(C)C(=O)O)cc1.